The summed E-state index contributed by atoms with van der Waals surface area (Å²) in [5, 5.41) is 13.0. The van der Waals surface area contributed by atoms with Crippen LogP contribution in [0.15, 0.2) is 42.7 Å². The minimum atomic E-state index is -0.722. The summed E-state index contributed by atoms with van der Waals surface area (Å²) in [6.45, 7) is 3.19. The van der Waals surface area contributed by atoms with E-state index >= 15 is 0 Å². The maximum Gasteiger partial charge on any atom is 0.255 e. The zero-order chi connectivity index (χ0) is 19.7. The van der Waals surface area contributed by atoms with Gasteiger partial charge in [-0.25, -0.2) is 4.39 Å². The summed E-state index contributed by atoms with van der Waals surface area (Å²) in [7, 11) is 0. The van der Waals surface area contributed by atoms with Crippen LogP contribution in [0.5, 0.6) is 0 Å². The fourth-order valence-electron chi connectivity index (χ4n) is 3.61. The highest BCUT2D eigenvalue weighted by Crippen LogP contribution is 2.24. The maximum absolute atomic E-state index is 13.2. The van der Waals surface area contributed by atoms with Crippen molar-refractivity contribution in [2.24, 2.45) is 0 Å². The molecule has 0 spiro atoms. The molecule has 2 N–H and O–H groups in total. The summed E-state index contributed by atoms with van der Waals surface area (Å²) in [5.74, 6) is -0.555. The van der Waals surface area contributed by atoms with Crippen LogP contribution in [0.25, 0.3) is 11.0 Å². The zero-order valence-corrected chi connectivity index (χ0v) is 15.6. The van der Waals surface area contributed by atoms with Gasteiger partial charge in [-0.3, -0.25) is 9.78 Å². The van der Waals surface area contributed by atoms with E-state index < -0.39 is 6.10 Å². The van der Waals surface area contributed by atoms with Crippen molar-refractivity contribution >= 4 is 16.9 Å². The topological polar surface area (TPSA) is 76.4 Å². The molecule has 4 rings (SSSR count). The number of rotatable bonds is 4. The Balaban J connectivity index is 1.67. The van der Waals surface area contributed by atoms with Crippen LogP contribution in [0.2, 0.25) is 0 Å². The number of carbonyl (C=O) groups excluding carboxylic acids is 1. The van der Waals surface area contributed by atoms with Gasteiger partial charge in [0.2, 0.25) is 0 Å². The van der Waals surface area contributed by atoms with E-state index in [0.29, 0.717) is 30.7 Å². The number of hydrogen-bond acceptors (Lipinski definition) is 4. The summed E-state index contributed by atoms with van der Waals surface area (Å²) in [6.07, 6.45) is 3.29. The predicted octanol–water partition coefficient (Wildman–Crippen LogP) is 2.41. The molecule has 28 heavy (non-hydrogen) atoms. The normalized spacial score (nSPS) is 19.7. The van der Waals surface area contributed by atoms with Gasteiger partial charge < -0.3 is 19.7 Å². The highest BCUT2D eigenvalue weighted by Gasteiger charge is 2.27. The van der Waals surface area contributed by atoms with Crippen molar-refractivity contribution in [3.05, 3.63) is 65.2 Å². The average Bonchev–Trinajstić information content (AvgIpc) is 3.05. The number of nitrogens with one attached hydrogen (secondary N) is 1. The minimum Gasteiger partial charge on any atom is -0.389 e. The molecule has 1 aliphatic rings. The smallest absolute Gasteiger partial charge is 0.255 e. The molecule has 1 aliphatic heterocycles. The molecule has 2 atom stereocenters. The number of halogens is 1. The van der Waals surface area contributed by atoms with Crippen molar-refractivity contribution < 1.29 is 19.0 Å². The van der Waals surface area contributed by atoms with Crippen LogP contribution in [0, 0.1) is 12.7 Å². The molecule has 1 amide bonds. The van der Waals surface area contributed by atoms with Gasteiger partial charge in [0.15, 0.2) is 0 Å². The number of nitrogens with zero attached hydrogens (tertiary/aromatic N) is 2. The molecule has 0 radical (unpaired) electrons. The van der Waals surface area contributed by atoms with E-state index in [2.05, 4.69) is 10.3 Å². The molecular weight excluding hydrogens is 361 g/mol. The van der Waals surface area contributed by atoms with Crippen molar-refractivity contribution in [1.82, 2.24) is 14.9 Å². The number of aliphatic hydroxyl groups is 1. The summed E-state index contributed by atoms with van der Waals surface area (Å²) in [4.78, 5) is 17.4. The Morgan fingerprint density at radius 2 is 2.14 bits per heavy atom. The molecule has 1 fully saturated rings. The summed E-state index contributed by atoms with van der Waals surface area (Å²) < 4.78 is 20.4. The molecule has 6 nitrogen and oxygen atoms in total. The lowest BCUT2D eigenvalue weighted by Gasteiger charge is -2.28. The molecule has 3 heterocycles. The molecule has 1 saturated heterocycles. The number of aromatic nitrogens is 2. The second kappa shape index (κ2) is 7.69. The van der Waals surface area contributed by atoms with Crippen LogP contribution in [-0.4, -0.2) is 45.9 Å². The summed E-state index contributed by atoms with van der Waals surface area (Å²) >= 11 is 0. The first kappa shape index (κ1) is 18.6. The lowest BCUT2D eigenvalue weighted by molar-refractivity contribution is -0.0260. The Morgan fingerprint density at radius 3 is 2.89 bits per heavy atom. The average molecular weight is 383 g/mol. The maximum atomic E-state index is 13.2. The number of aliphatic hydroxyl groups excluding tert-OH is 1. The van der Waals surface area contributed by atoms with Gasteiger partial charge in [0, 0.05) is 25.5 Å². The highest BCUT2D eigenvalue weighted by molar-refractivity contribution is 6.06. The lowest BCUT2D eigenvalue weighted by atomic mass is 10.1. The third-order valence-corrected chi connectivity index (χ3v) is 5.11. The Kier molecular flexibility index (Phi) is 5.11. The van der Waals surface area contributed by atoms with E-state index in [0.717, 1.165) is 16.6 Å². The first-order valence-electron chi connectivity index (χ1n) is 9.28. The highest BCUT2D eigenvalue weighted by atomic mass is 19.1. The molecular formula is C21H22FN3O3. The van der Waals surface area contributed by atoms with Crippen molar-refractivity contribution in [1.29, 1.82) is 0 Å². The molecule has 0 unspecified atom stereocenters. The molecule has 0 saturated carbocycles. The summed E-state index contributed by atoms with van der Waals surface area (Å²) in [6, 6.07) is 7.85. The number of benzene rings is 1. The molecule has 3 aromatic rings. The van der Waals surface area contributed by atoms with Gasteiger partial charge in [0.05, 0.1) is 29.8 Å². The largest absolute Gasteiger partial charge is 0.389 e. The van der Waals surface area contributed by atoms with Crippen molar-refractivity contribution in [3.63, 3.8) is 0 Å². The van der Waals surface area contributed by atoms with E-state index in [9.17, 15) is 14.3 Å². The van der Waals surface area contributed by atoms with E-state index in [1.807, 2.05) is 17.6 Å². The Bertz CT molecular complexity index is 1000. The molecule has 2 aromatic heterocycles. The van der Waals surface area contributed by atoms with E-state index in [4.69, 9.17) is 4.74 Å². The first-order chi connectivity index (χ1) is 13.5. The number of ether oxygens (including phenoxy) is 1. The third kappa shape index (κ3) is 3.63. The molecule has 0 aliphatic carbocycles. The Hall–Kier alpha value is -2.77. The van der Waals surface area contributed by atoms with Gasteiger partial charge in [-0.1, -0.05) is 12.1 Å². The van der Waals surface area contributed by atoms with Crippen molar-refractivity contribution in [2.45, 2.75) is 32.0 Å². The van der Waals surface area contributed by atoms with Gasteiger partial charge in [-0.05, 0) is 42.7 Å². The van der Waals surface area contributed by atoms with Crippen LogP contribution in [0.1, 0.15) is 27.9 Å². The van der Waals surface area contributed by atoms with Crippen LogP contribution in [-0.2, 0) is 11.3 Å². The second-order valence-electron chi connectivity index (χ2n) is 7.13. The number of hydrogen-bond donors (Lipinski definition) is 2. The van der Waals surface area contributed by atoms with E-state index in [-0.39, 0.29) is 24.4 Å². The van der Waals surface area contributed by atoms with Crippen LogP contribution < -0.4 is 5.32 Å². The molecule has 0 bridgehead atoms. The Labute approximate surface area is 162 Å². The number of fused-ring (bicyclic) bond motifs is 1. The SMILES string of the molecule is Cc1ccnc2c(C(=O)N[C@@H]3CCOC[C@H]3O)cn(Cc3ccc(F)cc3)c12. The van der Waals surface area contributed by atoms with Crippen LogP contribution >= 0.6 is 0 Å². The van der Waals surface area contributed by atoms with Gasteiger partial charge in [-0.2, -0.15) is 0 Å². The van der Waals surface area contributed by atoms with Gasteiger partial charge >= 0.3 is 0 Å². The summed E-state index contributed by atoms with van der Waals surface area (Å²) in [5.41, 5.74) is 3.86. The standard InChI is InChI=1S/C21H22FN3O3/c1-13-6-8-23-19-16(21(27)24-17-7-9-28-12-18(17)26)11-25(20(13)19)10-14-2-4-15(22)5-3-14/h2-6,8,11,17-18,26H,7,9-10,12H2,1H3,(H,24,27)/t17-,18-/m1/s1. The van der Waals surface area contributed by atoms with Crippen LogP contribution in [0.3, 0.4) is 0 Å². The molecule has 1 aromatic carbocycles. The number of aryl methyl sites for hydroxylation is 1. The first-order valence-corrected chi connectivity index (χ1v) is 9.28. The van der Waals surface area contributed by atoms with E-state index in [1.165, 1.54) is 12.1 Å². The fraction of sp³-hybridized carbons (Fsp3) is 0.333. The van der Waals surface area contributed by atoms with Crippen molar-refractivity contribution in [2.75, 3.05) is 13.2 Å². The van der Waals surface area contributed by atoms with Gasteiger partial charge in [-0.15, -0.1) is 0 Å². The predicted molar refractivity (Wildman–Crippen MR) is 103 cm³/mol. The zero-order valence-electron chi connectivity index (χ0n) is 15.6. The third-order valence-electron chi connectivity index (χ3n) is 5.11. The Morgan fingerprint density at radius 1 is 1.36 bits per heavy atom. The minimum absolute atomic E-state index is 0.217. The fourth-order valence-corrected chi connectivity index (χ4v) is 3.61. The second-order valence-corrected chi connectivity index (χ2v) is 7.13. The van der Waals surface area contributed by atoms with Gasteiger partial charge in [0.1, 0.15) is 11.3 Å². The lowest BCUT2D eigenvalue weighted by Crippen LogP contribution is -2.48. The quantitative estimate of drug-likeness (QED) is 0.726. The molecule has 7 heteroatoms. The van der Waals surface area contributed by atoms with Crippen molar-refractivity contribution in [3.8, 4) is 0 Å². The number of carbonyl (C=O) groups is 1. The number of pyridine rings is 1. The monoisotopic (exact) mass is 383 g/mol. The number of amides is 1. The van der Waals surface area contributed by atoms with Crippen LogP contribution in [0.4, 0.5) is 4.39 Å². The van der Waals surface area contributed by atoms with Gasteiger partial charge in [0.25, 0.3) is 5.91 Å². The van der Waals surface area contributed by atoms with E-state index in [1.54, 1.807) is 24.5 Å². The molecule has 146 valence electrons.